The molecule has 0 spiro atoms. The molecule has 1 aliphatic carbocycles. The summed E-state index contributed by atoms with van der Waals surface area (Å²) < 4.78 is 27.1. The van der Waals surface area contributed by atoms with Crippen LogP contribution in [0.4, 0.5) is 5.69 Å². The van der Waals surface area contributed by atoms with Gasteiger partial charge in [-0.1, -0.05) is 23.7 Å². The van der Waals surface area contributed by atoms with Crippen LogP contribution in [0.5, 0.6) is 0 Å². The molecule has 0 atom stereocenters. The minimum Gasteiger partial charge on any atom is -0.336 e. The van der Waals surface area contributed by atoms with Gasteiger partial charge in [-0.25, -0.2) is 8.42 Å². The molecule has 0 N–H and O–H groups in total. The van der Waals surface area contributed by atoms with Crippen molar-refractivity contribution >= 4 is 39.1 Å². The van der Waals surface area contributed by atoms with E-state index in [1.54, 1.807) is 53.2 Å². The largest absolute Gasteiger partial charge is 0.336 e. The number of amides is 2. The summed E-state index contributed by atoms with van der Waals surface area (Å²) in [6.07, 6.45) is 1.78. The van der Waals surface area contributed by atoms with Crippen molar-refractivity contribution < 1.29 is 18.0 Å². The number of carbonyl (C=O) groups excluding carboxylic acids is 2. The van der Waals surface area contributed by atoms with E-state index in [0.29, 0.717) is 16.3 Å². The van der Waals surface area contributed by atoms with Crippen molar-refractivity contribution in [2.45, 2.75) is 17.7 Å². The lowest BCUT2D eigenvalue weighted by Crippen LogP contribution is -2.50. The van der Waals surface area contributed by atoms with Gasteiger partial charge in [0.1, 0.15) is 0 Å². The standard InChI is InChI=1S/C22H24ClN3O4S/c1-24(21(27)16-6-7-16)20-5-3-2-4-19(20)22(28)25-12-14-26(15-13-25)31(29,30)18-10-8-17(23)9-11-18/h2-5,8-11,16H,6-7,12-15H2,1H3. The summed E-state index contributed by atoms with van der Waals surface area (Å²) in [5.74, 6) is -0.122. The molecule has 164 valence electrons. The Labute approximate surface area is 187 Å². The zero-order valence-corrected chi connectivity index (χ0v) is 18.8. The number of carbonyl (C=O) groups is 2. The summed E-state index contributed by atoms with van der Waals surface area (Å²) >= 11 is 5.86. The third-order valence-electron chi connectivity index (χ3n) is 5.73. The van der Waals surface area contributed by atoms with E-state index < -0.39 is 10.0 Å². The van der Waals surface area contributed by atoms with Crippen LogP contribution in [0.15, 0.2) is 53.4 Å². The molecule has 2 aromatic rings. The van der Waals surface area contributed by atoms with Gasteiger partial charge in [-0.05, 0) is 49.2 Å². The number of benzene rings is 2. The van der Waals surface area contributed by atoms with Gasteiger partial charge >= 0.3 is 0 Å². The lowest BCUT2D eigenvalue weighted by molar-refractivity contribution is -0.119. The van der Waals surface area contributed by atoms with Crippen LogP contribution in [-0.4, -0.2) is 62.7 Å². The van der Waals surface area contributed by atoms with Crippen LogP contribution in [0.25, 0.3) is 0 Å². The molecule has 0 aromatic heterocycles. The Morgan fingerprint density at radius 1 is 0.968 bits per heavy atom. The molecule has 9 heteroatoms. The topological polar surface area (TPSA) is 78.0 Å². The second-order valence-electron chi connectivity index (χ2n) is 7.84. The van der Waals surface area contributed by atoms with E-state index in [1.165, 1.54) is 16.4 Å². The van der Waals surface area contributed by atoms with Gasteiger partial charge in [0.15, 0.2) is 0 Å². The Hall–Kier alpha value is -2.42. The molecule has 4 rings (SSSR count). The second kappa shape index (κ2) is 8.61. The van der Waals surface area contributed by atoms with Crippen molar-refractivity contribution in [2.24, 2.45) is 5.92 Å². The molecule has 0 unspecified atom stereocenters. The summed E-state index contributed by atoms with van der Waals surface area (Å²) in [4.78, 5) is 29.1. The van der Waals surface area contributed by atoms with E-state index in [0.717, 1.165) is 12.8 Å². The Kier molecular flexibility index (Phi) is 6.05. The Bertz CT molecular complexity index is 1090. The molecule has 2 aromatic carbocycles. The van der Waals surface area contributed by atoms with Crippen LogP contribution in [0.1, 0.15) is 23.2 Å². The summed E-state index contributed by atoms with van der Waals surface area (Å²) in [6, 6.07) is 13.1. The molecule has 1 saturated carbocycles. The number of halogens is 1. The Morgan fingerprint density at radius 3 is 2.19 bits per heavy atom. The SMILES string of the molecule is CN(C(=O)C1CC1)c1ccccc1C(=O)N1CCN(S(=O)(=O)c2ccc(Cl)cc2)CC1. The van der Waals surface area contributed by atoms with E-state index in [-0.39, 0.29) is 48.8 Å². The first-order chi connectivity index (χ1) is 14.8. The second-order valence-corrected chi connectivity index (χ2v) is 10.2. The van der Waals surface area contributed by atoms with Crippen LogP contribution in [-0.2, 0) is 14.8 Å². The lowest BCUT2D eigenvalue weighted by Gasteiger charge is -2.34. The number of anilines is 1. The van der Waals surface area contributed by atoms with Crippen molar-refractivity contribution in [2.75, 3.05) is 38.1 Å². The van der Waals surface area contributed by atoms with Crippen molar-refractivity contribution in [3.05, 3.63) is 59.1 Å². The molecule has 31 heavy (non-hydrogen) atoms. The van der Waals surface area contributed by atoms with Gasteiger partial charge < -0.3 is 9.80 Å². The van der Waals surface area contributed by atoms with Gasteiger partial charge in [0.25, 0.3) is 5.91 Å². The maximum absolute atomic E-state index is 13.2. The zero-order valence-electron chi connectivity index (χ0n) is 17.2. The minimum absolute atomic E-state index is 0.0270. The molecule has 2 aliphatic rings. The highest BCUT2D eigenvalue weighted by atomic mass is 35.5. The maximum atomic E-state index is 13.2. The quantitative estimate of drug-likeness (QED) is 0.686. The summed E-state index contributed by atoms with van der Waals surface area (Å²) in [6.45, 7) is 0.964. The normalized spacial score (nSPS) is 17.4. The van der Waals surface area contributed by atoms with E-state index in [4.69, 9.17) is 11.6 Å². The first kappa shape index (κ1) is 21.8. The van der Waals surface area contributed by atoms with Crippen molar-refractivity contribution in [3.8, 4) is 0 Å². The van der Waals surface area contributed by atoms with Crippen LogP contribution in [0, 0.1) is 5.92 Å². The smallest absolute Gasteiger partial charge is 0.256 e. The average Bonchev–Trinajstić information content (AvgIpc) is 3.63. The number of sulfonamides is 1. The van der Waals surface area contributed by atoms with Gasteiger partial charge in [0, 0.05) is 44.2 Å². The minimum atomic E-state index is -3.64. The fourth-order valence-corrected chi connectivity index (χ4v) is 5.28. The first-order valence-electron chi connectivity index (χ1n) is 10.2. The van der Waals surface area contributed by atoms with Gasteiger partial charge in [-0.2, -0.15) is 4.31 Å². The van der Waals surface area contributed by atoms with Crippen LogP contribution in [0.2, 0.25) is 5.02 Å². The van der Waals surface area contributed by atoms with Gasteiger partial charge in [-0.15, -0.1) is 0 Å². The monoisotopic (exact) mass is 461 g/mol. The molecule has 0 bridgehead atoms. The number of nitrogens with zero attached hydrogens (tertiary/aromatic N) is 3. The Balaban J connectivity index is 1.46. The van der Waals surface area contributed by atoms with E-state index >= 15 is 0 Å². The lowest BCUT2D eigenvalue weighted by atomic mass is 10.1. The number of rotatable bonds is 5. The number of piperazine rings is 1. The molecule has 2 amide bonds. The molecule has 1 saturated heterocycles. The number of hydrogen-bond acceptors (Lipinski definition) is 4. The van der Waals surface area contributed by atoms with Gasteiger partial charge in [-0.3, -0.25) is 9.59 Å². The van der Waals surface area contributed by atoms with Crippen LogP contribution in [0.3, 0.4) is 0 Å². The highest BCUT2D eigenvalue weighted by molar-refractivity contribution is 7.89. The molecule has 2 fully saturated rings. The first-order valence-corrected chi connectivity index (χ1v) is 12.0. The fourth-order valence-electron chi connectivity index (χ4n) is 3.73. The molecule has 7 nitrogen and oxygen atoms in total. The van der Waals surface area contributed by atoms with E-state index in [9.17, 15) is 18.0 Å². The number of para-hydroxylation sites is 1. The molecule has 0 radical (unpaired) electrons. The molecule has 1 heterocycles. The third-order valence-corrected chi connectivity index (χ3v) is 7.90. The third kappa shape index (κ3) is 4.46. The highest BCUT2D eigenvalue weighted by Gasteiger charge is 2.35. The molecule has 1 aliphatic heterocycles. The van der Waals surface area contributed by atoms with Crippen LogP contribution < -0.4 is 4.90 Å². The van der Waals surface area contributed by atoms with Gasteiger partial charge in [0.2, 0.25) is 15.9 Å². The summed E-state index contributed by atoms with van der Waals surface area (Å²) in [7, 11) is -1.95. The van der Waals surface area contributed by atoms with Gasteiger partial charge in [0.05, 0.1) is 16.1 Å². The number of hydrogen-bond donors (Lipinski definition) is 0. The Morgan fingerprint density at radius 2 is 1.58 bits per heavy atom. The summed E-state index contributed by atoms with van der Waals surface area (Å²) in [5, 5.41) is 0.471. The van der Waals surface area contributed by atoms with Crippen LogP contribution >= 0.6 is 11.6 Å². The van der Waals surface area contributed by atoms with E-state index in [2.05, 4.69) is 0 Å². The maximum Gasteiger partial charge on any atom is 0.256 e. The fraction of sp³-hybridized carbons (Fsp3) is 0.364. The van der Waals surface area contributed by atoms with Crippen molar-refractivity contribution in [1.82, 2.24) is 9.21 Å². The molecular weight excluding hydrogens is 438 g/mol. The molecular formula is C22H24ClN3O4S. The predicted octanol–water partition coefficient (Wildman–Crippen LogP) is 2.86. The zero-order chi connectivity index (χ0) is 22.2. The predicted molar refractivity (Wildman–Crippen MR) is 119 cm³/mol. The van der Waals surface area contributed by atoms with Crippen molar-refractivity contribution in [1.29, 1.82) is 0 Å². The highest BCUT2D eigenvalue weighted by Crippen LogP contribution is 2.33. The van der Waals surface area contributed by atoms with E-state index in [1.807, 2.05) is 0 Å². The average molecular weight is 462 g/mol. The summed E-state index contributed by atoms with van der Waals surface area (Å²) in [5.41, 5.74) is 1.04. The van der Waals surface area contributed by atoms with Crippen molar-refractivity contribution in [3.63, 3.8) is 0 Å².